The number of hydrogen-bond donors (Lipinski definition) is 0. The molecule has 6 aromatic rings. The molecule has 0 amide bonds. The van der Waals surface area contributed by atoms with E-state index in [1.165, 1.54) is 16.5 Å². The Balaban J connectivity index is 1.63. The predicted molar refractivity (Wildman–Crippen MR) is 149 cm³/mol. The van der Waals surface area contributed by atoms with E-state index in [1.807, 2.05) is 42.5 Å². The lowest BCUT2D eigenvalue weighted by Crippen LogP contribution is -2.01. The van der Waals surface area contributed by atoms with Gasteiger partial charge in [-0.3, -0.25) is 0 Å². The molecule has 2 aromatic heterocycles. The molecule has 0 atom stereocenters. The molecule has 0 radical (unpaired) electrons. The number of methoxy groups -OCH3 is 2. The van der Waals surface area contributed by atoms with Gasteiger partial charge in [0, 0.05) is 17.4 Å². The van der Waals surface area contributed by atoms with Crippen LogP contribution in [0.2, 0.25) is 0 Å². The maximum atomic E-state index is 5.89. The largest absolute Gasteiger partial charge is 0.497 e. The summed E-state index contributed by atoms with van der Waals surface area (Å²) in [5.74, 6) is 2.52. The fourth-order valence-electron chi connectivity index (χ4n) is 4.98. The van der Waals surface area contributed by atoms with Crippen LogP contribution in [0.15, 0.2) is 120 Å². The topological polar surface area (TPSA) is 36.5 Å². The van der Waals surface area contributed by atoms with E-state index in [-0.39, 0.29) is 0 Å². The molecule has 0 fully saturated rings. The molecule has 0 aliphatic rings. The van der Waals surface area contributed by atoms with Crippen molar-refractivity contribution in [2.75, 3.05) is 14.2 Å². The summed E-state index contributed by atoms with van der Waals surface area (Å²) in [4.78, 5) is 0. The second-order valence-corrected chi connectivity index (χ2v) is 8.96. The number of benzene rings is 4. The van der Waals surface area contributed by atoms with Crippen LogP contribution >= 0.6 is 0 Å². The number of furan rings is 1. The molecule has 0 spiro atoms. The second kappa shape index (κ2) is 9.75. The Morgan fingerprint density at radius 3 is 1.97 bits per heavy atom. The van der Waals surface area contributed by atoms with E-state index in [0.717, 1.165) is 51.7 Å². The van der Waals surface area contributed by atoms with Crippen molar-refractivity contribution in [3.05, 3.63) is 121 Å². The Morgan fingerprint density at radius 2 is 1.35 bits per heavy atom. The number of fused-ring (bicyclic) bond motifs is 1. The molecule has 0 saturated carbocycles. The first-order valence-corrected chi connectivity index (χ1v) is 12.3. The third kappa shape index (κ3) is 4.27. The molecule has 0 bridgehead atoms. The summed E-state index contributed by atoms with van der Waals surface area (Å²) >= 11 is 0. The van der Waals surface area contributed by atoms with Crippen LogP contribution in [0.3, 0.4) is 0 Å². The molecule has 0 saturated heterocycles. The van der Waals surface area contributed by atoms with Gasteiger partial charge in [-0.05, 0) is 76.3 Å². The fraction of sp³-hybridized carbons (Fsp3) is 0.0909. The monoisotopic (exact) mass is 485 g/mol. The van der Waals surface area contributed by atoms with Gasteiger partial charge in [-0.15, -0.1) is 0 Å². The molecule has 0 N–H and O–H groups in total. The van der Waals surface area contributed by atoms with Crippen LogP contribution < -0.4 is 9.47 Å². The summed E-state index contributed by atoms with van der Waals surface area (Å²) in [7, 11) is 3.38. The van der Waals surface area contributed by atoms with Crippen molar-refractivity contribution in [3.8, 4) is 45.2 Å². The van der Waals surface area contributed by atoms with Gasteiger partial charge in [-0.25, -0.2) is 0 Å². The van der Waals surface area contributed by atoms with Crippen LogP contribution in [-0.2, 0) is 6.54 Å². The summed E-state index contributed by atoms with van der Waals surface area (Å²) in [6.07, 6.45) is 1.73. The standard InChI is InChI=1S/C33H27NO3/c1-35-26-14-10-24(11-15-26)28-18-19-30-29(33(28)25-12-16-27(36-2)17-13-25)21-31(32-9-6-20-37-32)34(30)22-23-7-4-3-5-8-23/h3-21H,22H2,1-2H3. The van der Waals surface area contributed by atoms with E-state index in [9.17, 15) is 0 Å². The van der Waals surface area contributed by atoms with E-state index >= 15 is 0 Å². The van der Waals surface area contributed by atoms with Crippen molar-refractivity contribution >= 4 is 10.9 Å². The number of nitrogens with zero attached hydrogens (tertiary/aromatic N) is 1. The van der Waals surface area contributed by atoms with Crippen LogP contribution in [0.5, 0.6) is 11.5 Å². The minimum Gasteiger partial charge on any atom is -0.497 e. The summed E-state index contributed by atoms with van der Waals surface area (Å²) in [5.41, 5.74) is 8.01. The van der Waals surface area contributed by atoms with E-state index in [4.69, 9.17) is 13.9 Å². The zero-order chi connectivity index (χ0) is 25.2. The minimum absolute atomic E-state index is 0.740. The van der Waals surface area contributed by atoms with E-state index in [1.54, 1.807) is 20.5 Å². The average Bonchev–Trinajstić information content (AvgIpc) is 3.62. The summed E-state index contributed by atoms with van der Waals surface area (Å²) in [6.45, 7) is 0.740. The molecule has 4 nitrogen and oxygen atoms in total. The van der Waals surface area contributed by atoms with E-state index in [0.29, 0.717) is 0 Å². The molecule has 0 aliphatic carbocycles. The highest BCUT2D eigenvalue weighted by atomic mass is 16.5. The Labute approximate surface area is 216 Å². The number of ether oxygens (including phenoxy) is 2. The first kappa shape index (κ1) is 22.7. The third-order valence-electron chi connectivity index (χ3n) is 6.82. The van der Waals surface area contributed by atoms with Crippen LogP contribution in [-0.4, -0.2) is 18.8 Å². The summed E-state index contributed by atoms with van der Waals surface area (Å²) < 4.78 is 19.1. The van der Waals surface area contributed by atoms with Gasteiger partial charge in [0.2, 0.25) is 0 Å². The van der Waals surface area contributed by atoms with Gasteiger partial charge in [0.05, 0.1) is 26.2 Å². The number of aromatic nitrogens is 1. The average molecular weight is 486 g/mol. The zero-order valence-corrected chi connectivity index (χ0v) is 20.8. The zero-order valence-electron chi connectivity index (χ0n) is 20.8. The summed E-state index contributed by atoms with van der Waals surface area (Å²) in [5, 5.41) is 1.17. The maximum absolute atomic E-state index is 5.89. The van der Waals surface area contributed by atoms with Gasteiger partial charge in [0.25, 0.3) is 0 Å². The van der Waals surface area contributed by atoms with Gasteiger partial charge in [-0.1, -0.05) is 60.7 Å². The Hall–Kier alpha value is -4.70. The van der Waals surface area contributed by atoms with Crippen molar-refractivity contribution in [2.45, 2.75) is 6.54 Å². The molecule has 4 aromatic carbocycles. The highest BCUT2D eigenvalue weighted by Gasteiger charge is 2.19. The van der Waals surface area contributed by atoms with Gasteiger partial charge < -0.3 is 18.5 Å². The molecule has 6 rings (SSSR count). The summed E-state index contributed by atoms with van der Waals surface area (Å²) in [6, 6.07) is 37.7. The number of hydrogen-bond acceptors (Lipinski definition) is 3. The van der Waals surface area contributed by atoms with Gasteiger partial charge in [0.15, 0.2) is 0 Å². The van der Waals surface area contributed by atoms with Crippen LogP contribution in [0.1, 0.15) is 5.56 Å². The lowest BCUT2D eigenvalue weighted by Gasteiger charge is -2.15. The first-order valence-electron chi connectivity index (χ1n) is 12.3. The van der Waals surface area contributed by atoms with E-state index < -0.39 is 0 Å². The molecular weight excluding hydrogens is 458 g/mol. The third-order valence-corrected chi connectivity index (χ3v) is 6.82. The quantitative estimate of drug-likeness (QED) is 0.228. The smallest absolute Gasteiger partial charge is 0.150 e. The highest BCUT2D eigenvalue weighted by Crippen LogP contribution is 2.42. The fourth-order valence-corrected chi connectivity index (χ4v) is 4.98. The van der Waals surface area contributed by atoms with Gasteiger partial charge >= 0.3 is 0 Å². The lowest BCUT2D eigenvalue weighted by molar-refractivity contribution is 0.414. The number of rotatable bonds is 7. The molecule has 182 valence electrons. The van der Waals surface area contributed by atoms with Crippen molar-refractivity contribution in [1.29, 1.82) is 0 Å². The SMILES string of the molecule is COc1ccc(-c2ccc3c(cc(-c4ccco4)n3Cc3ccccc3)c2-c2ccc(OC)cc2)cc1. The van der Waals surface area contributed by atoms with E-state index in [2.05, 4.69) is 71.3 Å². The minimum atomic E-state index is 0.740. The lowest BCUT2D eigenvalue weighted by atomic mass is 9.91. The first-order chi connectivity index (χ1) is 18.2. The molecule has 0 aliphatic heterocycles. The maximum Gasteiger partial charge on any atom is 0.150 e. The van der Waals surface area contributed by atoms with Crippen molar-refractivity contribution < 1.29 is 13.9 Å². The van der Waals surface area contributed by atoms with Gasteiger partial charge in [0.1, 0.15) is 17.3 Å². The second-order valence-electron chi connectivity index (χ2n) is 8.96. The molecular formula is C33H27NO3. The Kier molecular flexibility index (Phi) is 5.99. The molecule has 2 heterocycles. The van der Waals surface area contributed by atoms with Crippen molar-refractivity contribution in [3.63, 3.8) is 0 Å². The molecule has 0 unspecified atom stereocenters. The molecule has 4 heteroatoms. The Morgan fingerprint density at radius 1 is 0.676 bits per heavy atom. The predicted octanol–water partition coefficient (Wildman–Crippen LogP) is 8.30. The van der Waals surface area contributed by atoms with Crippen LogP contribution in [0, 0.1) is 0 Å². The van der Waals surface area contributed by atoms with Crippen molar-refractivity contribution in [1.82, 2.24) is 4.57 Å². The highest BCUT2D eigenvalue weighted by molar-refractivity contribution is 6.05. The van der Waals surface area contributed by atoms with Crippen LogP contribution in [0.25, 0.3) is 44.6 Å². The van der Waals surface area contributed by atoms with Crippen molar-refractivity contribution in [2.24, 2.45) is 0 Å². The van der Waals surface area contributed by atoms with Gasteiger partial charge in [-0.2, -0.15) is 0 Å². The Bertz CT molecular complexity index is 1630. The normalized spacial score (nSPS) is 11.1. The molecule has 37 heavy (non-hydrogen) atoms. The van der Waals surface area contributed by atoms with Crippen LogP contribution in [0.4, 0.5) is 0 Å².